The highest BCUT2D eigenvalue weighted by Gasteiger charge is 2.38. The van der Waals surface area contributed by atoms with Gasteiger partial charge >= 0.3 is 5.97 Å². The number of hydrogen-bond acceptors (Lipinski definition) is 3. The smallest absolute Gasteiger partial charge is 0.309 e. The lowest BCUT2D eigenvalue weighted by Gasteiger charge is -2.32. The molecule has 0 aromatic rings. The summed E-state index contributed by atoms with van der Waals surface area (Å²) in [5, 5.41) is 17.8. The van der Waals surface area contributed by atoms with Crippen LogP contribution in [0.5, 0.6) is 0 Å². The lowest BCUT2D eigenvalue weighted by Crippen LogP contribution is -2.35. The molecular formula is C8H14O3S. The Labute approximate surface area is 76.2 Å². The van der Waals surface area contributed by atoms with Crippen molar-refractivity contribution in [3.8, 4) is 0 Å². The Kier molecular flexibility index (Phi) is 3.40. The van der Waals surface area contributed by atoms with Crippen LogP contribution < -0.4 is 0 Å². The number of aliphatic hydroxyl groups is 1. The summed E-state index contributed by atoms with van der Waals surface area (Å²) >= 11 is 1.80. The molecule has 70 valence electrons. The minimum absolute atomic E-state index is 0.0169. The predicted molar refractivity (Wildman–Crippen MR) is 48.3 cm³/mol. The molecule has 1 heterocycles. The average molecular weight is 190 g/mol. The summed E-state index contributed by atoms with van der Waals surface area (Å²) in [4.78, 5) is 10.9. The molecule has 1 aliphatic heterocycles. The maximum absolute atomic E-state index is 10.9. The van der Waals surface area contributed by atoms with Crippen LogP contribution in [0.3, 0.4) is 0 Å². The Morgan fingerprint density at radius 1 is 1.42 bits per heavy atom. The van der Waals surface area contributed by atoms with Crippen molar-refractivity contribution < 1.29 is 15.0 Å². The van der Waals surface area contributed by atoms with Crippen molar-refractivity contribution in [1.82, 2.24) is 0 Å². The van der Waals surface area contributed by atoms with Gasteiger partial charge in [0.05, 0.1) is 5.41 Å². The van der Waals surface area contributed by atoms with Crippen LogP contribution in [0.4, 0.5) is 0 Å². The van der Waals surface area contributed by atoms with Crippen LogP contribution in [0, 0.1) is 5.41 Å². The predicted octanol–water partition coefficient (Wildman–Crippen LogP) is 0.967. The van der Waals surface area contributed by atoms with E-state index < -0.39 is 11.4 Å². The van der Waals surface area contributed by atoms with E-state index in [1.54, 1.807) is 11.8 Å². The SMILES string of the molecule is O=C(O)C1(CCO)CCSCC1. The summed E-state index contributed by atoms with van der Waals surface area (Å²) in [7, 11) is 0. The standard InChI is InChI=1S/C8H14O3S/c9-4-1-8(7(10)11)2-5-12-6-3-8/h9H,1-6H2,(H,10,11). The number of aliphatic hydroxyl groups excluding tert-OH is 1. The van der Waals surface area contributed by atoms with Crippen molar-refractivity contribution in [2.75, 3.05) is 18.1 Å². The van der Waals surface area contributed by atoms with E-state index in [0.29, 0.717) is 19.3 Å². The fourth-order valence-electron chi connectivity index (χ4n) is 1.55. The molecule has 0 radical (unpaired) electrons. The van der Waals surface area contributed by atoms with Gasteiger partial charge in [-0.15, -0.1) is 0 Å². The van der Waals surface area contributed by atoms with Gasteiger partial charge in [0.15, 0.2) is 0 Å². The van der Waals surface area contributed by atoms with Crippen LogP contribution >= 0.6 is 11.8 Å². The van der Waals surface area contributed by atoms with Gasteiger partial charge in [-0.2, -0.15) is 11.8 Å². The van der Waals surface area contributed by atoms with E-state index in [2.05, 4.69) is 0 Å². The maximum atomic E-state index is 10.9. The largest absolute Gasteiger partial charge is 0.481 e. The third kappa shape index (κ3) is 1.93. The molecule has 0 spiro atoms. The number of carboxylic acids is 1. The van der Waals surface area contributed by atoms with Crippen molar-refractivity contribution in [2.45, 2.75) is 19.3 Å². The minimum atomic E-state index is -0.739. The molecule has 12 heavy (non-hydrogen) atoms. The highest BCUT2D eigenvalue weighted by Crippen LogP contribution is 2.37. The van der Waals surface area contributed by atoms with E-state index in [9.17, 15) is 4.79 Å². The molecule has 0 bridgehead atoms. The Morgan fingerprint density at radius 3 is 2.42 bits per heavy atom. The second-order valence-electron chi connectivity index (χ2n) is 3.17. The quantitative estimate of drug-likeness (QED) is 0.696. The van der Waals surface area contributed by atoms with E-state index in [1.807, 2.05) is 0 Å². The molecule has 0 saturated carbocycles. The zero-order valence-electron chi connectivity index (χ0n) is 6.95. The van der Waals surface area contributed by atoms with Gasteiger partial charge in [0, 0.05) is 6.61 Å². The van der Waals surface area contributed by atoms with E-state index in [0.717, 1.165) is 11.5 Å². The highest BCUT2D eigenvalue weighted by atomic mass is 32.2. The summed E-state index contributed by atoms with van der Waals surface area (Å²) in [5.74, 6) is 1.08. The normalized spacial score (nSPS) is 22.1. The Bertz CT molecular complexity index is 158. The highest BCUT2D eigenvalue weighted by molar-refractivity contribution is 7.99. The molecule has 0 aromatic carbocycles. The number of rotatable bonds is 3. The molecule has 3 nitrogen and oxygen atoms in total. The van der Waals surface area contributed by atoms with E-state index in [1.165, 1.54) is 0 Å². The summed E-state index contributed by atoms with van der Waals surface area (Å²) in [5.41, 5.74) is -0.625. The first-order valence-corrected chi connectivity index (χ1v) is 5.29. The van der Waals surface area contributed by atoms with Gasteiger partial charge < -0.3 is 10.2 Å². The first-order chi connectivity index (χ1) is 5.71. The van der Waals surface area contributed by atoms with Crippen LogP contribution in [0.25, 0.3) is 0 Å². The molecule has 1 saturated heterocycles. The van der Waals surface area contributed by atoms with Gasteiger partial charge in [-0.25, -0.2) is 0 Å². The molecule has 0 amide bonds. The van der Waals surface area contributed by atoms with Crippen molar-refractivity contribution in [3.05, 3.63) is 0 Å². The summed E-state index contributed by atoms with van der Waals surface area (Å²) < 4.78 is 0. The fraction of sp³-hybridized carbons (Fsp3) is 0.875. The van der Waals surface area contributed by atoms with E-state index in [-0.39, 0.29) is 6.61 Å². The molecule has 1 rings (SSSR count). The molecule has 0 unspecified atom stereocenters. The van der Waals surface area contributed by atoms with Gasteiger partial charge in [0.2, 0.25) is 0 Å². The van der Waals surface area contributed by atoms with Crippen molar-refractivity contribution in [3.63, 3.8) is 0 Å². The average Bonchev–Trinajstić information content (AvgIpc) is 2.06. The molecule has 0 aromatic heterocycles. The van der Waals surface area contributed by atoms with Gasteiger partial charge in [-0.1, -0.05) is 0 Å². The van der Waals surface area contributed by atoms with Gasteiger partial charge in [-0.3, -0.25) is 4.79 Å². The number of aliphatic carboxylic acids is 1. The van der Waals surface area contributed by atoms with Gasteiger partial charge in [0.25, 0.3) is 0 Å². The zero-order chi connectivity index (χ0) is 9.03. The van der Waals surface area contributed by atoms with Crippen molar-refractivity contribution in [2.24, 2.45) is 5.41 Å². The van der Waals surface area contributed by atoms with Gasteiger partial charge in [0.1, 0.15) is 0 Å². The van der Waals surface area contributed by atoms with Crippen LogP contribution in [-0.2, 0) is 4.79 Å². The molecule has 1 fully saturated rings. The summed E-state index contributed by atoms with van der Waals surface area (Å²) in [6.45, 7) is -0.0169. The number of hydrogen-bond donors (Lipinski definition) is 2. The molecule has 1 aliphatic rings. The first kappa shape index (κ1) is 9.86. The number of carbonyl (C=O) groups is 1. The minimum Gasteiger partial charge on any atom is -0.481 e. The summed E-state index contributed by atoms with van der Waals surface area (Å²) in [6, 6.07) is 0. The molecule has 0 atom stereocenters. The van der Waals surface area contributed by atoms with E-state index in [4.69, 9.17) is 10.2 Å². The van der Waals surface area contributed by atoms with Gasteiger partial charge in [-0.05, 0) is 30.8 Å². The Balaban J connectivity index is 2.63. The van der Waals surface area contributed by atoms with Crippen molar-refractivity contribution in [1.29, 1.82) is 0 Å². The van der Waals surface area contributed by atoms with Crippen LogP contribution in [0.15, 0.2) is 0 Å². The Morgan fingerprint density at radius 2 is 2.00 bits per heavy atom. The third-order valence-corrected chi connectivity index (χ3v) is 3.48. The second kappa shape index (κ2) is 4.14. The molecule has 0 aliphatic carbocycles. The fourth-order valence-corrected chi connectivity index (χ4v) is 2.82. The first-order valence-electron chi connectivity index (χ1n) is 4.13. The lowest BCUT2D eigenvalue weighted by atomic mass is 9.79. The zero-order valence-corrected chi connectivity index (χ0v) is 7.77. The lowest BCUT2D eigenvalue weighted by molar-refractivity contribution is -0.150. The monoisotopic (exact) mass is 190 g/mol. The number of thioether (sulfide) groups is 1. The van der Waals surface area contributed by atoms with E-state index >= 15 is 0 Å². The third-order valence-electron chi connectivity index (χ3n) is 2.49. The van der Waals surface area contributed by atoms with Crippen molar-refractivity contribution >= 4 is 17.7 Å². The van der Waals surface area contributed by atoms with Crippen LogP contribution in [0.2, 0.25) is 0 Å². The molecule has 4 heteroatoms. The second-order valence-corrected chi connectivity index (χ2v) is 4.40. The maximum Gasteiger partial charge on any atom is 0.309 e. The Hall–Kier alpha value is -0.220. The van der Waals surface area contributed by atoms with Crippen LogP contribution in [0.1, 0.15) is 19.3 Å². The van der Waals surface area contributed by atoms with Crippen LogP contribution in [-0.4, -0.2) is 34.3 Å². The topological polar surface area (TPSA) is 57.5 Å². The summed E-state index contributed by atoms with van der Waals surface area (Å²) in [6.07, 6.45) is 1.81. The molecule has 2 N–H and O–H groups in total. The molecular weight excluding hydrogens is 176 g/mol. The number of carboxylic acid groups (broad SMARTS) is 1.